The average Bonchev–Trinajstić information content (AvgIpc) is 3.53. The number of nitrogens with zero attached hydrogens (tertiary/aromatic N) is 6. The number of aryl methyl sites for hydroxylation is 1. The highest BCUT2D eigenvalue weighted by Gasteiger charge is 2.27. The second kappa shape index (κ2) is 9.45. The number of hydrogen-bond acceptors (Lipinski definition) is 6. The molecule has 2 aliphatic rings. The van der Waals surface area contributed by atoms with Gasteiger partial charge in [0, 0.05) is 54.9 Å². The third-order valence-corrected chi connectivity index (χ3v) is 7.66. The van der Waals surface area contributed by atoms with Crippen LogP contribution in [0.1, 0.15) is 62.4 Å². The van der Waals surface area contributed by atoms with Crippen molar-refractivity contribution in [2.75, 3.05) is 11.9 Å². The normalized spacial score (nSPS) is 16.6. The fourth-order valence-electron chi connectivity index (χ4n) is 5.93. The molecule has 0 spiro atoms. The maximum atomic E-state index is 15.0. The summed E-state index contributed by atoms with van der Waals surface area (Å²) in [5.41, 5.74) is 3.86. The van der Waals surface area contributed by atoms with Gasteiger partial charge in [-0.05, 0) is 42.5 Å². The van der Waals surface area contributed by atoms with Gasteiger partial charge in [0.15, 0.2) is 11.6 Å². The van der Waals surface area contributed by atoms with Crippen LogP contribution in [0, 0.1) is 11.6 Å². The van der Waals surface area contributed by atoms with E-state index in [1.807, 2.05) is 19.9 Å². The van der Waals surface area contributed by atoms with Gasteiger partial charge in [-0.3, -0.25) is 9.58 Å². The molecule has 1 saturated carbocycles. The molecular weight excluding hydrogens is 472 g/mol. The van der Waals surface area contributed by atoms with Crippen molar-refractivity contribution in [3.8, 4) is 11.3 Å². The van der Waals surface area contributed by atoms with Gasteiger partial charge in [0.2, 0.25) is 5.95 Å². The van der Waals surface area contributed by atoms with Crippen molar-refractivity contribution in [3.05, 3.63) is 59.0 Å². The number of hydrogen-bond donors (Lipinski definition) is 1. The Bertz CT molecular complexity index is 1470. The van der Waals surface area contributed by atoms with Gasteiger partial charge in [0.05, 0.1) is 6.20 Å². The van der Waals surface area contributed by atoms with Gasteiger partial charge in [0.25, 0.3) is 0 Å². The van der Waals surface area contributed by atoms with E-state index in [4.69, 9.17) is 4.98 Å². The summed E-state index contributed by atoms with van der Waals surface area (Å²) < 4.78 is 31.5. The zero-order valence-corrected chi connectivity index (χ0v) is 21.4. The van der Waals surface area contributed by atoms with E-state index >= 15 is 0 Å². The van der Waals surface area contributed by atoms with Gasteiger partial charge in [-0.25, -0.2) is 23.7 Å². The lowest BCUT2D eigenvalue weighted by Gasteiger charge is -2.33. The molecule has 1 aliphatic carbocycles. The van der Waals surface area contributed by atoms with Gasteiger partial charge in [-0.1, -0.05) is 32.8 Å². The summed E-state index contributed by atoms with van der Waals surface area (Å²) in [6, 6.07) is 7.75. The van der Waals surface area contributed by atoms with Crippen molar-refractivity contribution < 1.29 is 8.78 Å². The highest BCUT2D eigenvalue weighted by atomic mass is 19.1. The van der Waals surface area contributed by atoms with Gasteiger partial charge >= 0.3 is 0 Å². The van der Waals surface area contributed by atoms with Crippen LogP contribution >= 0.6 is 0 Å². The molecule has 0 saturated heterocycles. The van der Waals surface area contributed by atoms with Gasteiger partial charge in [-0.15, -0.1) is 0 Å². The molecule has 1 aliphatic heterocycles. The fraction of sp³-hybridized carbons (Fsp3) is 0.429. The minimum Gasteiger partial charge on any atom is -0.309 e. The first-order valence-electron chi connectivity index (χ1n) is 13.1. The van der Waals surface area contributed by atoms with Gasteiger partial charge in [-0.2, -0.15) is 5.10 Å². The SMILES string of the molecule is CC(C)c1c2cc(-c3nc(Nc4ccc5c(n4)CCN(C4CCCC4)C5)ncc3F)cc(F)c2nn1C. The maximum Gasteiger partial charge on any atom is 0.229 e. The van der Waals surface area contributed by atoms with E-state index in [9.17, 15) is 8.78 Å². The largest absolute Gasteiger partial charge is 0.309 e. The predicted octanol–water partition coefficient (Wildman–Crippen LogP) is 5.87. The number of anilines is 2. The minimum absolute atomic E-state index is 0.0297. The van der Waals surface area contributed by atoms with Crippen molar-refractivity contribution in [2.24, 2.45) is 7.05 Å². The molecule has 192 valence electrons. The van der Waals surface area contributed by atoms with E-state index in [0.29, 0.717) is 22.8 Å². The third-order valence-electron chi connectivity index (χ3n) is 7.66. The lowest BCUT2D eigenvalue weighted by atomic mass is 10.0. The first-order valence-corrected chi connectivity index (χ1v) is 13.1. The number of pyridine rings is 1. The lowest BCUT2D eigenvalue weighted by Crippen LogP contribution is -2.38. The van der Waals surface area contributed by atoms with E-state index < -0.39 is 11.6 Å². The van der Waals surface area contributed by atoms with Crippen molar-refractivity contribution in [2.45, 2.75) is 64.5 Å². The molecule has 0 bridgehead atoms. The molecule has 0 radical (unpaired) electrons. The molecule has 3 aromatic heterocycles. The summed E-state index contributed by atoms with van der Waals surface area (Å²) in [5, 5.41) is 8.09. The van der Waals surface area contributed by atoms with Crippen LogP contribution in [0.5, 0.6) is 0 Å². The summed E-state index contributed by atoms with van der Waals surface area (Å²) in [4.78, 5) is 15.9. The molecule has 4 aromatic rings. The summed E-state index contributed by atoms with van der Waals surface area (Å²) in [6.45, 7) is 6.00. The van der Waals surface area contributed by atoms with E-state index in [-0.39, 0.29) is 23.1 Å². The molecule has 0 atom stereocenters. The van der Waals surface area contributed by atoms with Crippen LogP contribution in [0.4, 0.5) is 20.5 Å². The third kappa shape index (κ3) is 4.45. The molecule has 9 heteroatoms. The first kappa shape index (κ1) is 23.9. The van der Waals surface area contributed by atoms with Crippen molar-refractivity contribution >= 4 is 22.7 Å². The molecule has 4 heterocycles. The van der Waals surface area contributed by atoms with Gasteiger partial charge < -0.3 is 5.32 Å². The van der Waals surface area contributed by atoms with Crippen molar-refractivity contribution in [3.63, 3.8) is 0 Å². The Morgan fingerprint density at radius 3 is 2.65 bits per heavy atom. The Kier molecular flexibility index (Phi) is 6.10. The number of aromatic nitrogens is 5. The highest BCUT2D eigenvalue weighted by molar-refractivity contribution is 5.87. The van der Waals surface area contributed by atoms with Gasteiger partial charge in [0.1, 0.15) is 17.0 Å². The summed E-state index contributed by atoms with van der Waals surface area (Å²) in [6.07, 6.45) is 7.26. The van der Waals surface area contributed by atoms with Crippen molar-refractivity contribution in [1.82, 2.24) is 29.6 Å². The molecule has 6 rings (SSSR count). The lowest BCUT2D eigenvalue weighted by molar-refractivity contribution is 0.179. The van der Waals surface area contributed by atoms with Crippen molar-refractivity contribution in [1.29, 1.82) is 0 Å². The minimum atomic E-state index is -0.621. The average molecular weight is 504 g/mol. The van der Waals surface area contributed by atoms with Crippen LogP contribution in [0.2, 0.25) is 0 Å². The van der Waals surface area contributed by atoms with E-state index in [2.05, 4.69) is 31.3 Å². The number of halogens is 2. The Labute approximate surface area is 215 Å². The molecule has 1 fully saturated rings. The Morgan fingerprint density at radius 2 is 1.86 bits per heavy atom. The van der Waals surface area contributed by atoms with E-state index in [1.165, 1.54) is 37.3 Å². The summed E-state index contributed by atoms with van der Waals surface area (Å²) in [7, 11) is 1.79. The van der Waals surface area contributed by atoms with Crippen LogP contribution in [0.3, 0.4) is 0 Å². The standard InChI is InChI=1S/C28H31F2N7/c1-16(2)27-20-12-18(13-21(29)26(20)35-36(27)3)25-22(30)14-31-28(34-25)33-24-9-8-17-15-37(11-10-23(17)32-24)19-6-4-5-7-19/h8-9,12-14,16,19H,4-7,10-11,15H2,1-3H3,(H,31,32,33,34). The molecule has 0 amide bonds. The monoisotopic (exact) mass is 503 g/mol. The van der Waals surface area contributed by atoms with Crippen LogP contribution in [-0.2, 0) is 20.0 Å². The molecule has 1 aromatic carbocycles. The van der Waals surface area contributed by atoms with E-state index in [1.54, 1.807) is 17.8 Å². The Balaban J connectivity index is 1.28. The molecular formula is C28H31F2N7. The van der Waals surface area contributed by atoms with Crippen LogP contribution in [-0.4, -0.2) is 42.2 Å². The quantitative estimate of drug-likeness (QED) is 0.367. The molecule has 37 heavy (non-hydrogen) atoms. The smallest absolute Gasteiger partial charge is 0.229 e. The zero-order valence-electron chi connectivity index (χ0n) is 21.4. The van der Waals surface area contributed by atoms with Crippen LogP contribution < -0.4 is 5.32 Å². The molecule has 0 unspecified atom stereocenters. The summed E-state index contributed by atoms with van der Waals surface area (Å²) >= 11 is 0. The van der Waals surface area contributed by atoms with Crippen LogP contribution in [0.25, 0.3) is 22.2 Å². The number of nitrogens with one attached hydrogen (secondary N) is 1. The topological polar surface area (TPSA) is 71.8 Å². The molecule has 7 nitrogen and oxygen atoms in total. The Hall–Kier alpha value is -3.46. The first-order chi connectivity index (χ1) is 17.9. The number of rotatable bonds is 5. The fourth-order valence-corrected chi connectivity index (χ4v) is 5.93. The highest BCUT2D eigenvalue weighted by Crippen LogP contribution is 2.33. The number of benzene rings is 1. The maximum absolute atomic E-state index is 15.0. The summed E-state index contributed by atoms with van der Waals surface area (Å²) in [5.74, 6) is -0.183. The van der Waals surface area contributed by atoms with Crippen LogP contribution in [0.15, 0.2) is 30.5 Å². The van der Waals surface area contributed by atoms with E-state index in [0.717, 1.165) is 37.1 Å². The second-order valence-electron chi connectivity index (χ2n) is 10.5. The molecule has 1 N–H and O–H groups in total. The zero-order chi connectivity index (χ0) is 25.7. The second-order valence-corrected chi connectivity index (χ2v) is 10.5. The Morgan fingerprint density at radius 1 is 1.05 bits per heavy atom. The number of fused-ring (bicyclic) bond motifs is 2. The predicted molar refractivity (Wildman–Crippen MR) is 140 cm³/mol.